The lowest BCUT2D eigenvalue weighted by Gasteiger charge is -2.23. The summed E-state index contributed by atoms with van der Waals surface area (Å²) in [6, 6.07) is -2.60. The molecule has 0 bridgehead atoms. The van der Waals surface area contributed by atoms with Crippen LogP contribution in [0.1, 0.15) is 19.3 Å². The summed E-state index contributed by atoms with van der Waals surface area (Å²) >= 11 is 0. The van der Waals surface area contributed by atoms with Gasteiger partial charge in [0.05, 0.1) is 6.04 Å². The topological polar surface area (TPSA) is 138 Å². The van der Waals surface area contributed by atoms with E-state index in [0.717, 1.165) is 4.90 Å². The van der Waals surface area contributed by atoms with Gasteiger partial charge in [-0.1, -0.05) is 0 Å². The average molecular weight is 258 g/mol. The molecule has 4 N–H and O–H groups in total. The molecule has 0 aromatic heterocycles. The Labute approximate surface area is 102 Å². The third-order valence-electron chi connectivity index (χ3n) is 2.72. The molecule has 1 aliphatic rings. The maximum atomic E-state index is 11.8. The van der Waals surface area contributed by atoms with E-state index in [1.807, 2.05) is 0 Å². The van der Waals surface area contributed by atoms with Gasteiger partial charge in [-0.2, -0.15) is 0 Å². The average Bonchev–Trinajstić information content (AvgIpc) is 2.66. The molecule has 0 unspecified atom stereocenters. The number of hydrogen-bond acceptors (Lipinski definition) is 5. The molecule has 2 atom stereocenters. The van der Waals surface area contributed by atoms with E-state index in [-0.39, 0.29) is 25.8 Å². The van der Waals surface area contributed by atoms with Crippen LogP contribution >= 0.6 is 0 Å². The molecular formula is C10H14N2O6. The van der Waals surface area contributed by atoms with E-state index >= 15 is 0 Å². The molecule has 1 rings (SSSR count). The Morgan fingerprint density at radius 3 is 2.50 bits per heavy atom. The second kappa shape index (κ2) is 5.58. The first-order chi connectivity index (χ1) is 8.34. The first-order valence-corrected chi connectivity index (χ1v) is 5.38. The van der Waals surface area contributed by atoms with Gasteiger partial charge in [0.1, 0.15) is 0 Å². The van der Waals surface area contributed by atoms with Crippen LogP contribution < -0.4 is 5.73 Å². The first-order valence-electron chi connectivity index (χ1n) is 5.38. The predicted molar refractivity (Wildman–Crippen MR) is 57.6 cm³/mol. The van der Waals surface area contributed by atoms with Gasteiger partial charge in [-0.25, -0.2) is 4.79 Å². The van der Waals surface area contributed by atoms with Gasteiger partial charge in [-0.05, 0) is 6.42 Å². The molecule has 1 fully saturated rings. The lowest BCUT2D eigenvalue weighted by Crippen LogP contribution is -2.50. The minimum Gasteiger partial charge on any atom is -0.481 e. The van der Waals surface area contributed by atoms with Gasteiger partial charge in [-0.3, -0.25) is 14.4 Å². The minimum atomic E-state index is -1.49. The monoisotopic (exact) mass is 258 g/mol. The Kier molecular flexibility index (Phi) is 4.38. The van der Waals surface area contributed by atoms with E-state index in [0.29, 0.717) is 0 Å². The van der Waals surface area contributed by atoms with Crippen molar-refractivity contribution in [2.75, 3.05) is 6.54 Å². The van der Waals surface area contributed by atoms with Gasteiger partial charge in [0.2, 0.25) is 5.91 Å². The molecule has 1 saturated heterocycles. The Morgan fingerprint density at radius 2 is 2.00 bits per heavy atom. The van der Waals surface area contributed by atoms with E-state index in [9.17, 15) is 19.2 Å². The zero-order valence-electron chi connectivity index (χ0n) is 9.54. The Balaban J connectivity index is 2.68. The minimum absolute atomic E-state index is 0.00933. The van der Waals surface area contributed by atoms with Crippen LogP contribution in [0.25, 0.3) is 0 Å². The number of amides is 1. The van der Waals surface area contributed by atoms with Crippen LogP contribution in [0.3, 0.4) is 0 Å². The van der Waals surface area contributed by atoms with Crippen molar-refractivity contribution in [3.63, 3.8) is 0 Å². The molecular weight excluding hydrogens is 244 g/mol. The van der Waals surface area contributed by atoms with Gasteiger partial charge in [0.25, 0.3) is 0 Å². The van der Waals surface area contributed by atoms with Gasteiger partial charge in [0.15, 0.2) is 11.8 Å². The molecule has 18 heavy (non-hydrogen) atoms. The molecule has 0 saturated carbocycles. The van der Waals surface area contributed by atoms with Crippen molar-refractivity contribution in [1.29, 1.82) is 0 Å². The van der Waals surface area contributed by atoms with E-state index < -0.39 is 35.7 Å². The van der Waals surface area contributed by atoms with Gasteiger partial charge < -0.3 is 20.8 Å². The van der Waals surface area contributed by atoms with Crippen LogP contribution in [-0.2, 0) is 19.2 Å². The fraction of sp³-hybridized carbons (Fsp3) is 0.600. The highest BCUT2D eigenvalue weighted by Gasteiger charge is 2.42. The number of carbonyl (C=O) groups is 4. The standard InChI is InChI=1S/C10H14N2O6/c11-5(1-2-7(14)15)9(16)12-4-3-6(13)8(12)10(17)18/h5,8H,1-4,11H2,(H,14,15)(H,17,18)/t5-,8-/m0/s1. The van der Waals surface area contributed by atoms with Crippen LogP contribution in [0.5, 0.6) is 0 Å². The summed E-state index contributed by atoms with van der Waals surface area (Å²) in [6.45, 7) is 0.00933. The van der Waals surface area contributed by atoms with Gasteiger partial charge in [0, 0.05) is 19.4 Å². The number of carbonyl (C=O) groups excluding carboxylic acids is 2. The Morgan fingerprint density at radius 1 is 1.39 bits per heavy atom. The number of ketones is 1. The summed E-state index contributed by atoms with van der Waals surface area (Å²) in [4.78, 5) is 45.2. The highest BCUT2D eigenvalue weighted by Crippen LogP contribution is 2.16. The summed E-state index contributed by atoms with van der Waals surface area (Å²) in [7, 11) is 0. The molecule has 1 aliphatic heterocycles. The van der Waals surface area contributed by atoms with Crippen molar-refractivity contribution in [3.05, 3.63) is 0 Å². The zero-order chi connectivity index (χ0) is 13.9. The smallest absolute Gasteiger partial charge is 0.334 e. The largest absolute Gasteiger partial charge is 0.481 e. The summed E-state index contributed by atoms with van der Waals surface area (Å²) in [6.07, 6.45) is -0.397. The molecule has 0 aromatic rings. The van der Waals surface area contributed by atoms with Crippen molar-refractivity contribution in [2.24, 2.45) is 5.73 Å². The van der Waals surface area contributed by atoms with Crippen LogP contribution in [0.2, 0.25) is 0 Å². The predicted octanol–water partition coefficient (Wildman–Crippen LogP) is -1.57. The van der Waals surface area contributed by atoms with Gasteiger partial charge in [-0.15, -0.1) is 0 Å². The Hall–Kier alpha value is -1.96. The third kappa shape index (κ3) is 3.04. The van der Waals surface area contributed by atoms with E-state index in [4.69, 9.17) is 15.9 Å². The quantitative estimate of drug-likeness (QED) is 0.506. The number of hydrogen-bond donors (Lipinski definition) is 3. The van der Waals surface area contributed by atoms with E-state index in [1.54, 1.807) is 0 Å². The first kappa shape index (κ1) is 14.1. The normalized spacial score (nSPS) is 20.8. The molecule has 100 valence electrons. The summed E-state index contributed by atoms with van der Waals surface area (Å²) in [5.74, 6) is -3.72. The summed E-state index contributed by atoms with van der Waals surface area (Å²) in [5, 5.41) is 17.3. The number of nitrogens with zero attached hydrogens (tertiary/aromatic N) is 1. The number of carboxylic acid groups (broad SMARTS) is 2. The highest BCUT2D eigenvalue weighted by molar-refractivity contribution is 6.07. The van der Waals surface area contributed by atoms with E-state index in [1.165, 1.54) is 0 Å². The van der Waals surface area contributed by atoms with Crippen molar-refractivity contribution in [2.45, 2.75) is 31.3 Å². The lowest BCUT2D eigenvalue weighted by atomic mass is 10.1. The number of rotatable bonds is 5. The number of likely N-dealkylation sites (tertiary alicyclic amines) is 1. The van der Waals surface area contributed by atoms with Crippen molar-refractivity contribution >= 4 is 23.6 Å². The molecule has 0 aliphatic carbocycles. The summed E-state index contributed by atoms with van der Waals surface area (Å²) < 4.78 is 0. The molecule has 8 nitrogen and oxygen atoms in total. The second-order valence-electron chi connectivity index (χ2n) is 4.03. The molecule has 1 heterocycles. The highest BCUT2D eigenvalue weighted by atomic mass is 16.4. The second-order valence-corrected chi connectivity index (χ2v) is 4.03. The third-order valence-corrected chi connectivity index (χ3v) is 2.72. The van der Waals surface area contributed by atoms with Crippen LogP contribution in [0, 0.1) is 0 Å². The van der Waals surface area contributed by atoms with Crippen molar-refractivity contribution in [1.82, 2.24) is 4.90 Å². The Bertz CT molecular complexity index is 394. The number of nitrogens with two attached hydrogens (primary N) is 1. The van der Waals surface area contributed by atoms with Crippen LogP contribution in [0.4, 0.5) is 0 Å². The number of aliphatic carboxylic acids is 2. The maximum Gasteiger partial charge on any atom is 0.334 e. The molecule has 0 spiro atoms. The maximum absolute atomic E-state index is 11.8. The molecule has 8 heteroatoms. The fourth-order valence-corrected chi connectivity index (χ4v) is 1.79. The van der Waals surface area contributed by atoms with Crippen molar-refractivity contribution < 1.29 is 29.4 Å². The van der Waals surface area contributed by atoms with Gasteiger partial charge >= 0.3 is 11.9 Å². The fourth-order valence-electron chi connectivity index (χ4n) is 1.79. The van der Waals surface area contributed by atoms with Crippen LogP contribution in [0.15, 0.2) is 0 Å². The number of Topliss-reactive ketones (excluding diaryl/α,β-unsaturated/α-hetero) is 1. The molecule has 0 aromatic carbocycles. The zero-order valence-corrected chi connectivity index (χ0v) is 9.54. The molecule has 1 amide bonds. The molecule has 0 radical (unpaired) electrons. The van der Waals surface area contributed by atoms with Crippen molar-refractivity contribution in [3.8, 4) is 0 Å². The lowest BCUT2D eigenvalue weighted by molar-refractivity contribution is -0.151. The van der Waals surface area contributed by atoms with E-state index in [2.05, 4.69) is 0 Å². The van der Waals surface area contributed by atoms with Crippen LogP contribution in [-0.4, -0.2) is 57.4 Å². The number of carboxylic acids is 2. The SMILES string of the molecule is N[C@@H](CCC(=O)O)C(=O)N1CCC(=O)[C@H]1C(=O)O. The summed E-state index contributed by atoms with van der Waals surface area (Å²) in [5.41, 5.74) is 5.49.